The highest BCUT2D eigenvalue weighted by molar-refractivity contribution is 5.96. The van der Waals surface area contributed by atoms with Gasteiger partial charge in [0, 0.05) is 5.92 Å². The summed E-state index contributed by atoms with van der Waals surface area (Å²) >= 11 is 0. The van der Waals surface area contributed by atoms with Gasteiger partial charge in [-0.3, -0.25) is 4.79 Å². The van der Waals surface area contributed by atoms with Crippen LogP contribution in [0.1, 0.15) is 47.5 Å². The van der Waals surface area contributed by atoms with Gasteiger partial charge in [-0.15, -0.1) is 0 Å². The number of carbonyl (C=O) groups excluding carboxylic acids is 1. The van der Waals surface area contributed by atoms with Crippen molar-refractivity contribution in [1.82, 2.24) is 0 Å². The summed E-state index contributed by atoms with van der Waals surface area (Å²) in [5.74, 6) is 0.437. The molecule has 0 radical (unpaired) electrons. The van der Waals surface area contributed by atoms with Crippen LogP contribution in [0.3, 0.4) is 0 Å². The third-order valence-electron chi connectivity index (χ3n) is 2.28. The first kappa shape index (κ1) is 11.4. The van der Waals surface area contributed by atoms with Gasteiger partial charge in [0.25, 0.3) is 0 Å². The molecule has 12 heavy (non-hydrogen) atoms. The molecule has 0 aromatic heterocycles. The van der Waals surface area contributed by atoms with Crippen LogP contribution in [-0.4, -0.2) is 5.78 Å². The monoisotopic (exact) mass is 168 g/mol. The van der Waals surface area contributed by atoms with Crippen molar-refractivity contribution in [3.05, 3.63) is 11.1 Å². The summed E-state index contributed by atoms with van der Waals surface area (Å²) in [5.41, 5.74) is 2.28. The van der Waals surface area contributed by atoms with Gasteiger partial charge in [-0.1, -0.05) is 33.3 Å². The highest BCUT2D eigenvalue weighted by Crippen LogP contribution is 2.16. The molecule has 0 bridgehead atoms. The molecule has 70 valence electrons. The van der Waals surface area contributed by atoms with Gasteiger partial charge in [-0.2, -0.15) is 0 Å². The summed E-state index contributed by atoms with van der Waals surface area (Å²) in [4.78, 5) is 11.5. The molecule has 0 fully saturated rings. The average Bonchev–Trinajstić information content (AvgIpc) is 2.05. The first-order valence-corrected chi connectivity index (χ1v) is 4.77. The van der Waals surface area contributed by atoms with Crippen LogP contribution >= 0.6 is 0 Å². The fourth-order valence-electron chi connectivity index (χ4n) is 1.39. The van der Waals surface area contributed by atoms with Gasteiger partial charge in [-0.25, -0.2) is 0 Å². The van der Waals surface area contributed by atoms with E-state index in [-0.39, 0.29) is 5.92 Å². The lowest BCUT2D eigenvalue weighted by molar-refractivity contribution is -0.118. The molecule has 0 aliphatic rings. The first-order valence-electron chi connectivity index (χ1n) is 4.77. The Bertz CT molecular complexity index is 181. The Labute approximate surface area is 75.9 Å². The molecule has 0 amide bonds. The van der Waals surface area contributed by atoms with Crippen LogP contribution in [0.15, 0.2) is 11.1 Å². The summed E-state index contributed by atoms with van der Waals surface area (Å²) < 4.78 is 0. The molecule has 0 rings (SSSR count). The minimum absolute atomic E-state index is 0.137. The molecule has 0 unspecified atom stereocenters. The zero-order valence-corrected chi connectivity index (χ0v) is 8.90. The molecule has 0 saturated carbocycles. The number of hydrogen-bond acceptors (Lipinski definition) is 1. The second-order valence-corrected chi connectivity index (χ2v) is 3.45. The molecule has 0 heterocycles. The minimum atomic E-state index is 0.137. The Morgan fingerprint density at radius 1 is 1.17 bits per heavy atom. The third kappa shape index (κ3) is 2.80. The predicted octanol–water partition coefficient (Wildman–Crippen LogP) is 3.35. The second kappa shape index (κ2) is 5.13. The molecule has 0 aromatic carbocycles. The molecule has 0 aliphatic heterocycles. The number of ketones is 1. The van der Waals surface area contributed by atoms with Crippen LogP contribution < -0.4 is 0 Å². The van der Waals surface area contributed by atoms with Crippen molar-refractivity contribution in [2.24, 2.45) is 5.92 Å². The SMILES string of the molecule is CCC(CC)=C(C)C(=O)C(C)C. The molecular formula is C11H20O. The van der Waals surface area contributed by atoms with E-state index in [1.165, 1.54) is 5.57 Å². The lowest BCUT2D eigenvalue weighted by Crippen LogP contribution is -2.10. The summed E-state index contributed by atoms with van der Waals surface area (Å²) in [7, 11) is 0. The molecule has 0 saturated heterocycles. The maximum atomic E-state index is 11.5. The van der Waals surface area contributed by atoms with Crippen LogP contribution in [0, 0.1) is 5.92 Å². The Balaban J connectivity index is 4.62. The van der Waals surface area contributed by atoms with Crippen molar-refractivity contribution in [1.29, 1.82) is 0 Å². The van der Waals surface area contributed by atoms with Crippen molar-refractivity contribution >= 4 is 5.78 Å². The summed E-state index contributed by atoms with van der Waals surface area (Å²) in [6.07, 6.45) is 2.00. The van der Waals surface area contributed by atoms with Gasteiger partial charge in [0.2, 0.25) is 0 Å². The highest BCUT2D eigenvalue weighted by atomic mass is 16.1. The van der Waals surface area contributed by atoms with Gasteiger partial charge in [0.05, 0.1) is 0 Å². The van der Waals surface area contributed by atoms with Crippen molar-refractivity contribution in [2.75, 3.05) is 0 Å². The number of carbonyl (C=O) groups is 1. The molecule has 1 heteroatoms. The van der Waals surface area contributed by atoms with E-state index >= 15 is 0 Å². The van der Waals surface area contributed by atoms with Crippen molar-refractivity contribution in [3.8, 4) is 0 Å². The molecule has 0 spiro atoms. The Kier molecular flexibility index (Phi) is 4.87. The Morgan fingerprint density at radius 2 is 1.58 bits per heavy atom. The fourth-order valence-corrected chi connectivity index (χ4v) is 1.39. The molecule has 0 aliphatic carbocycles. The van der Waals surface area contributed by atoms with E-state index in [0.29, 0.717) is 5.78 Å². The summed E-state index contributed by atoms with van der Waals surface area (Å²) in [5, 5.41) is 0. The van der Waals surface area contributed by atoms with Gasteiger partial charge >= 0.3 is 0 Å². The van der Waals surface area contributed by atoms with E-state index in [4.69, 9.17) is 0 Å². The molecule has 0 N–H and O–H groups in total. The van der Waals surface area contributed by atoms with Crippen molar-refractivity contribution in [2.45, 2.75) is 47.5 Å². The molecule has 0 aromatic rings. The van der Waals surface area contributed by atoms with Crippen LogP contribution in [0.2, 0.25) is 0 Å². The smallest absolute Gasteiger partial charge is 0.161 e. The summed E-state index contributed by atoms with van der Waals surface area (Å²) in [6, 6.07) is 0. The number of allylic oxidation sites excluding steroid dienone is 2. The largest absolute Gasteiger partial charge is 0.294 e. The number of Topliss-reactive ketones (excluding diaryl/α,β-unsaturated/α-hetero) is 1. The van der Waals surface area contributed by atoms with E-state index in [9.17, 15) is 4.79 Å². The number of rotatable bonds is 4. The number of hydrogen-bond donors (Lipinski definition) is 0. The van der Waals surface area contributed by atoms with E-state index in [1.807, 2.05) is 20.8 Å². The first-order chi connectivity index (χ1) is 5.54. The second-order valence-electron chi connectivity index (χ2n) is 3.45. The zero-order chi connectivity index (χ0) is 9.72. The van der Waals surface area contributed by atoms with Gasteiger partial charge in [-0.05, 0) is 25.3 Å². The Hall–Kier alpha value is -0.590. The van der Waals surface area contributed by atoms with Crippen LogP contribution in [-0.2, 0) is 4.79 Å². The van der Waals surface area contributed by atoms with E-state index in [0.717, 1.165) is 18.4 Å². The van der Waals surface area contributed by atoms with Crippen LogP contribution in [0.25, 0.3) is 0 Å². The average molecular weight is 168 g/mol. The topological polar surface area (TPSA) is 17.1 Å². The lowest BCUT2D eigenvalue weighted by Gasteiger charge is -2.09. The van der Waals surface area contributed by atoms with Gasteiger partial charge in [0.1, 0.15) is 0 Å². The van der Waals surface area contributed by atoms with E-state index in [2.05, 4.69) is 13.8 Å². The quantitative estimate of drug-likeness (QED) is 0.588. The fraction of sp³-hybridized carbons (Fsp3) is 0.727. The molecule has 0 atom stereocenters. The van der Waals surface area contributed by atoms with Gasteiger partial charge < -0.3 is 0 Å². The van der Waals surface area contributed by atoms with Crippen LogP contribution in [0.4, 0.5) is 0 Å². The van der Waals surface area contributed by atoms with Crippen molar-refractivity contribution < 1.29 is 4.79 Å². The standard InChI is InChI=1S/C11H20O/c1-6-10(7-2)9(5)11(12)8(3)4/h8H,6-7H2,1-5H3. The summed E-state index contributed by atoms with van der Waals surface area (Å²) in [6.45, 7) is 10.1. The van der Waals surface area contributed by atoms with Gasteiger partial charge in [0.15, 0.2) is 5.78 Å². The van der Waals surface area contributed by atoms with Crippen molar-refractivity contribution in [3.63, 3.8) is 0 Å². The predicted molar refractivity (Wildman–Crippen MR) is 53.1 cm³/mol. The maximum Gasteiger partial charge on any atom is 0.161 e. The lowest BCUT2D eigenvalue weighted by atomic mass is 9.95. The third-order valence-corrected chi connectivity index (χ3v) is 2.28. The highest BCUT2D eigenvalue weighted by Gasteiger charge is 2.11. The molecular weight excluding hydrogens is 148 g/mol. The van der Waals surface area contributed by atoms with E-state index in [1.54, 1.807) is 0 Å². The van der Waals surface area contributed by atoms with Crippen LogP contribution in [0.5, 0.6) is 0 Å². The Morgan fingerprint density at radius 3 is 1.83 bits per heavy atom. The normalized spacial score (nSPS) is 10.2. The minimum Gasteiger partial charge on any atom is -0.294 e. The maximum absolute atomic E-state index is 11.5. The molecule has 1 nitrogen and oxygen atoms in total. The zero-order valence-electron chi connectivity index (χ0n) is 8.90. The van der Waals surface area contributed by atoms with E-state index < -0.39 is 0 Å².